The van der Waals surface area contributed by atoms with E-state index in [0.717, 1.165) is 44.5 Å². The number of aryl methyl sites for hydroxylation is 3. The van der Waals surface area contributed by atoms with Crippen LogP contribution in [0, 0.1) is 13.8 Å². The molecule has 0 aliphatic rings. The zero-order valence-corrected chi connectivity index (χ0v) is 16.5. The van der Waals surface area contributed by atoms with Crippen LogP contribution in [0.25, 0.3) is 21.3 Å². The molecular weight excluding hydrogens is 346 g/mol. The molecule has 0 spiro atoms. The summed E-state index contributed by atoms with van der Waals surface area (Å²) in [7, 11) is 0. The number of aromatic hydroxyl groups is 1. The van der Waals surface area contributed by atoms with Crippen LogP contribution >= 0.6 is 11.3 Å². The molecule has 7 heteroatoms. The Labute approximate surface area is 157 Å². The van der Waals surface area contributed by atoms with Gasteiger partial charge in [-0.25, -0.2) is 9.97 Å². The zero-order chi connectivity index (χ0) is 18.8. The summed E-state index contributed by atoms with van der Waals surface area (Å²) >= 11 is 1.49. The van der Waals surface area contributed by atoms with Crippen LogP contribution in [0.3, 0.4) is 0 Å². The van der Waals surface area contributed by atoms with Gasteiger partial charge in [-0.1, -0.05) is 18.3 Å². The van der Waals surface area contributed by atoms with Crippen molar-refractivity contribution in [1.29, 1.82) is 0 Å². The molecule has 0 saturated heterocycles. The van der Waals surface area contributed by atoms with Crippen molar-refractivity contribution in [2.75, 3.05) is 5.32 Å². The minimum Gasteiger partial charge on any atom is -0.507 e. The normalized spacial score (nSPS) is 11.2. The van der Waals surface area contributed by atoms with Crippen molar-refractivity contribution in [2.45, 2.75) is 47.1 Å². The first-order chi connectivity index (χ1) is 12.4. The van der Waals surface area contributed by atoms with Crippen LogP contribution in [0.2, 0.25) is 0 Å². The number of aromatic nitrogens is 4. The molecule has 136 valence electrons. The van der Waals surface area contributed by atoms with Crippen LogP contribution in [0.1, 0.15) is 37.6 Å². The smallest absolute Gasteiger partial charge is 0.223 e. The average molecular weight is 369 g/mol. The van der Waals surface area contributed by atoms with E-state index >= 15 is 0 Å². The maximum absolute atomic E-state index is 10.1. The van der Waals surface area contributed by atoms with Gasteiger partial charge in [0.2, 0.25) is 5.95 Å². The van der Waals surface area contributed by atoms with Crippen LogP contribution in [0.4, 0.5) is 5.95 Å². The maximum Gasteiger partial charge on any atom is 0.223 e. The first kappa shape index (κ1) is 18.3. The predicted octanol–water partition coefficient (Wildman–Crippen LogP) is 4.37. The Hall–Kier alpha value is -2.54. The van der Waals surface area contributed by atoms with E-state index in [1.165, 1.54) is 11.3 Å². The number of hydrogen-bond donors (Lipinski definition) is 2. The molecule has 0 radical (unpaired) electrons. The van der Waals surface area contributed by atoms with Crippen molar-refractivity contribution in [3.63, 3.8) is 0 Å². The van der Waals surface area contributed by atoms with Crippen molar-refractivity contribution < 1.29 is 5.11 Å². The van der Waals surface area contributed by atoms with Crippen molar-refractivity contribution in [3.05, 3.63) is 35.0 Å². The van der Waals surface area contributed by atoms with E-state index in [-0.39, 0.29) is 6.04 Å². The second kappa shape index (κ2) is 7.37. The third kappa shape index (κ3) is 3.83. The molecule has 2 aromatic heterocycles. The van der Waals surface area contributed by atoms with Crippen LogP contribution < -0.4 is 5.32 Å². The highest BCUT2D eigenvalue weighted by atomic mass is 32.1. The SMILES string of the molecule is CCc1cc(-c2nnc(-c3cc(C)nc(NC(C)C)n3)s2)cc(C)c1O. The van der Waals surface area contributed by atoms with Gasteiger partial charge in [0.05, 0.1) is 0 Å². The number of phenols is 1. The molecule has 3 rings (SSSR count). The Kier molecular flexibility index (Phi) is 5.18. The molecule has 0 bridgehead atoms. The molecular formula is C19H23N5OS. The highest BCUT2D eigenvalue weighted by Gasteiger charge is 2.14. The lowest BCUT2D eigenvalue weighted by Crippen LogP contribution is -2.13. The van der Waals surface area contributed by atoms with Gasteiger partial charge in [0.15, 0.2) is 5.01 Å². The fourth-order valence-corrected chi connectivity index (χ4v) is 3.48. The lowest BCUT2D eigenvalue weighted by molar-refractivity contribution is 0.465. The van der Waals surface area contributed by atoms with E-state index in [9.17, 15) is 5.11 Å². The van der Waals surface area contributed by atoms with E-state index in [1.807, 2.05) is 52.8 Å². The summed E-state index contributed by atoms with van der Waals surface area (Å²) in [6, 6.07) is 6.08. The fourth-order valence-electron chi connectivity index (χ4n) is 2.69. The number of hydrogen-bond acceptors (Lipinski definition) is 7. The molecule has 0 aliphatic carbocycles. The molecule has 2 N–H and O–H groups in total. The molecule has 0 unspecified atom stereocenters. The van der Waals surface area contributed by atoms with Crippen molar-refractivity contribution in [1.82, 2.24) is 20.2 Å². The van der Waals surface area contributed by atoms with E-state index in [1.54, 1.807) is 0 Å². The fraction of sp³-hybridized carbons (Fsp3) is 0.368. The predicted molar refractivity (Wildman–Crippen MR) is 106 cm³/mol. The highest BCUT2D eigenvalue weighted by Crippen LogP contribution is 2.34. The summed E-state index contributed by atoms with van der Waals surface area (Å²) in [4.78, 5) is 8.98. The van der Waals surface area contributed by atoms with Gasteiger partial charge in [0, 0.05) is 17.3 Å². The molecule has 0 atom stereocenters. The van der Waals surface area contributed by atoms with E-state index in [4.69, 9.17) is 0 Å². The molecule has 0 aliphatic heterocycles. The average Bonchev–Trinajstić information content (AvgIpc) is 3.06. The number of benzene rings is 1. The minimum absolute atomic E-state index is 0.252. The monoisotopic (exact) mass is 369 g/mol. The summed E-state index contributed by atoms with van der Waals surface area (Å²) in [5, 5.41) is 23.6. The molecule has 26 heavy (non-hydrogen) atoms. The van der Waals surface area contributed by atoms with Crippen LogP contribution in [-0.2, 0) is 6.42 Å². The van der Waals surface area contributed by atoms with Crippen molar-refractivity contribution >= 4 is 17.3 Å². The summed E-state index contributed by atoms with van der Waals surface area (Å²) in [5.74, 6) is 0.956. The molecule has 0 fully saturated rings. The topological polar surface area (TPSA) is 83.8 Å². The second-order valence-corrected chi connectivity index (χ2v) is 7.56. The van der Waals surface area contributed by atoms with Gasteiger partial charge in [-0.15, -0.1) is 10.2 Å². The molecule has 3 aromatic rings. The Morgan fingerprint density at radius 1 is 1.08 bits per heavy atom. The first-order valence-corrected chi connectivity index (χ1v) is 9.48. The number of anilines is 1. The molecule has 0 amide bonds. The Balaban J connectivity index is 1.98. The largest absolute Gasteiger partial charge is 0.507 e. The summed E-state index contributed by atoms with van der Waals surface area (Å²) < 4.78 is 0. The first-order valence-electron chi connectivity index (χ1n) is 8.66. The number of nitrogens with one attached hydrogen (secondary N) is 1. The third-order valence-corrected chi connectivity index (χ3v) is 4.92. The molecule has 0 saturated carbocycles. The molecule has 6 nitrogen and oxygen atoms in total. The zero-order valence-electron chi connectivity index (χ0n) is 15.7. The van der Waals surface area contributed by atoms with Crippen molar-refractivity contribution in [2.24, 2.45) is 0 Å². The Bertz CT molecular complexity index is 936. The van der Waals surface area contributed by atoms with Gasteiger partial charge < -0.3 is 10.4 Å². The summed E-state index contributed by atoms with van der Waals surface area (Å²) in [5.41, 5.74) is 4.36. The van der Waals surface area contributed by atoms with Gasteiger partial charge in [0.25, 0.3) is 0 Å². The van der Waals surface area contributed by atoms with Crippen LogP contribution in [0.5, 0.6) is 5.75 Å². The van der Waals surface area contributed by atoms with Gasteiger partial charge in [0.1, 0.15) is 16.5 Å². The Morgan fingerprint density at radius 3 is 2.50 bits per heavy atom. The lowest BCUT2D eigenvalue weighted by atomic mass is 10.0. The summed E-state index contributed by atoms with van der Waals surface area (Å²) in [6.45, 7) is 9.96. The molecule has 1 aromatic carbocycles. The number of phenolic OH excluding ortho intramolecular Hbond substituents is 1. The third-order valence-electron chi connectivity index (χ3n) is 3.92. The maximum atomic E-state index is 10.1. The Morgan fingerprint density at radius 2 is 1.81 bits per heavy atom. The minimum atomic E-state index is 0.252. The van der Waals surface area contributed by atoms with E-state index < -0.39 is 0 Å². The standard InChI is InChI=1S/C19H23N5OS/c1-6-13-9-14(7-11(4)16(13)25)17-23-24-18(26-17)15-8-12(5)21-19(22-15)20-10(2)3/h7-10,25H,6H2,1-5H3,(H,20,21,22). The van der Waals surface area contributed by atoms with Crippen LogP contribution in [0.15, 0.2) is 18.2 Å². The van der Waals surface area contributed by atoms with Gasteiger partial charge in [-0.3, -0.25) is 0 Å². The quantitative estimate of drug-likeness (QED) is 0.695. The van der Waals surface area contributed by atoms with E-state index in [2.05, 4.69) is 25.5 Å². The van der Waals surface area contributed by atoms with Gasteiger partial charge in [-0.05, 0) is 63.4 Å². The number of rotatable bonds is 5. The van der Waals surface area contributed by atoms with Crippen molar-refractivity contribution in [3.8, 4) is 27.0 Å². The second-order valence-electron chi connectivity index (χ2n) is 6.58. The highest BCUT2D eigenvalue weighted by molar-refractivity contribution is 7.17. The van der Waals surface area contributed by atoms with Crippen LogP contribution in [-0.4, -0.2) is 31.3 Å². The van der Waals surface area contributed by atoms with Gasteiger partial charge in [-0.2, -0.15) is 0 Å². The van der Waals surface area contributed by atoms with E-state index in [0.29, 0.717) is 11.7 Å². The lowest BCUT2D eigenvalue weighted by Gasteiger charge is -2.09. The van der Waals surface area contributed by atoms with Gasteiger partial charge >= 0.3 is 0 Å². The molecule has 2 heterocycles. The summed E-state index contributed by atoms with van der Waals surface area (Å²) in [6.07, 6.45) is 0.765. The number of nitrogens with zero attached hydrogens (tertiary/aromatic N) is 4.